The fourth-order valence-electron chi connectivity index (χ4n) is 4.04. The molecule has 0 aliphatic carbocycles. The molecule has 1 aromatic carbocycles. The summed E-state index contributed by atoms with van der Waals surface area (Å²) in [5.74, 6) is 0.710. The van der Waals surface area contributed by atoms with E-state index in [1.54, 1.807) is 37.7 Å². The molecule has 3 aromatic rings. The summed E-state index contributed by atoms with van der Waals surface area (Å²) in [5, 5.41) is 4.52. The van der Waals surface area contributed by atoms with E-state index in [0.29, 0.717) is 23.7 Å². The minimum absolute atomic E-state index is 0.0496. The number of benzene rings is 1. The molecule has 0 bridgehead atoms. The van der Waals surface area contributed by atoms with Crippen molar-refractivity contribution in [1.29, 1.82) is 0 Å². The molecule has 164 valence electrons. The number of Topliss-reactive ketones (excluding diaryl/α,β-unsaturated/α-hetero) is 1. The number of carbonyl (C=O) groups is 1. The van der Waals surface area contributed by atoms with E-state index in [1.807, 2.05) is 12.1 Å². The van der Waals surface area contributed by atoms with Crippen molar-refractivity contribution in [2.24, 2.45) is 0 Å². The summed E-state index contributed by atoms with van der Waals surface area (Å²) < 4.78 is 10.8. The third-order valence-electron chi connectivity index (χ3n) is 5.69. The number of methoxy groups -OCH3 is 1. The number of ether oxygens (including phenoxy) is 2. The maximum atomic E-state index is 12.9. The number of pyridine rings is 2. The first-order chi connectivity index (χ1) is 15.6. The molecule has 0 radical (unpaired) electrons. The molecule has 7 heteroatoms. The fourth-order valence-corrected chi connectivity index (χ4v) is 4.04. The molecular weight excluding hydrogens is 404 g/mol. The second-order valence-electron chi connectivity index (χ2n) is 8.10. The third-order valence-corrected chi connectivity index (χ3v) is 5.69. The number of ketones is 1. The van der Waals surface area contributed by atoms with Crippen molar-refractivity contribution in [3.63, 3.8) is 0 Å². The van der Waals surface area contributed by atoms with E-state index in [-0.39, 0.29) is 30.8 Å². The molecule has 1 aliphatic rings. The van der Waals surface area contributed by atoms with Gasteiger partial charge in [0.15, 0.2) is 5.69 Å². The van der Waals surface area contributed by atoms with Crippen LogP contribution in [0.25, 0.3) is 15.7 Å². The number of aromatic nitrogens is 2. The maximum Gasteiger partial charge on any atom is 0.188 e. The number of hydrogen-bond donors (Lipinski definition) is 1. The SMILES string of the molecule is [C-]#[N+]c1ccc2ncc(CC(=O)Cc3ccc(OC)cn3)c(N[C@@H]3CCO[C@H](C)C3)c2c1. The van der Waals surface area contributed by atoms with Gasteiger partial charge in [0.1, 0.15) is 11.5 Å². The minimum atomic E-state index is 0.0496. The fraction of sp³-hybridized carbons (Fsp3) is 0.360. The van der Waals surface area contributed by atoms with Crippen LogP contribution in [0.3, 0.4) is 0 Å². The van der Waals surface area contributed by atoms with Crippen LogP contribution in [0.5, 0.6) is 5.75 Å². The topological polar surface area (TPSA) is 77.7 Å². The summed E-state index contributed by atoms with van der Waals surface area (Å²) >= 11 is 0. The zero-order chi connectivity index (χ0) is 22.5. The highest BCUT2D eigenvalue weighted by Crippen LogP contribution is 2.32. The molecule has 0 unspecified atom stereocenters. The minimum Gasteiger partial charge on any atom is -0.495 e. The van der Waals surface area contributed by atoms with Gasteiger partial charge >= 0.3 is 0 Å². The zero-order valence-corrected chi connectivity index (χ0v) is 18.3. The van der Waals surface area contributed by atoms with Gasteiger partial charge in [-0.25, -0.2) is 4.85 Å². The molecule has 1 saturated heterocycles. The van der Waals surface area contributed by atoms with Crippen LogP contribution in [0, 0.1) is 6.57 Å². The Balaban J connectivity index is 1.62. The summed E-state index contributed by atoms with van der Waals surface area (Å²) in [7, 11) is 1.59. The standard InChI is InChI=1S/C25H26N4O3/c1-16-10-20(8-9-32-16)29-25-17(14-28-24-7-5-18(26-2)13-23(24)25)11-21(30)12-19-4-6-22(31-3)15-27-19/h4-7,13-16,20H,8-12H2,1,3H3,(H,28,29)/t16-,20-/m1/s1. The van der Waals surface area contributed by atoms with E-state index in [9.17, 15) is 4.79 Å². The monoisotopic (exact) mass is 430 g/mol. The number of nitrogens with one attached hydrogen (secondary N) is 1. The van der Waals surface area contributed by atoms with Crippen LogP contribution >= 0.6 is 0 Å². The van der Waals surface area contributed by atoms with Crippen molar-refractivity contribution in [3.8, 4) is 5.75 Å². The predicted octanol–water partition coefficient (Wildman–Crippen LogP) is 4.52. The Morgan fingerprint density at radius 2 is 2.12 bits per heavy atom. The normalized spacial score (nSPS) is 18.2. The Morgan fingerprint density at radius 1 is 1.25 bits per heavy atom. The lowest BCUT2D eigenvalue weighted by atomic mass is 9.99. The molecule has 3 heterocycles. The number of nitrogens with zero attached hydrogens (tertiary/aromatic N) is 3. The lowest BCUT2D eigenvalue weighted by molar-refractivity contribution is -0.117. The molecule has 1 fully saturated rings. The van der Waals surface area contributed by atoms with Crippen LogP contribution in [0.1, 0.15) is 31.0 Å². The molecule has 7 nitrogen and oxygen atoms in total. The van der Waals surface area contributed by atoms with Crippen LogP contribution in [0.15, 0.2) is 42.7 Å². The number of carbonyl (C=O) groups excluding carboxylic acids is 1. The van der Waals surface area contributed by atoms with Crippen molar-refractivity contribution >= 4 is 28.1 Å². The average Bonchev–Trinajstić information content (AvgIpc) is 2.80. The lowest BCUT2D eigenvalue weighted by Gasteiger charge is -2.30. The summed E-state index contributed by atoms with van der Waals surface area (Å²) in [4.78, 5) is 25.3. The van der Waals surface area contributed by atoms with Gasteiger partial charge in [-0.05, 0) is 44.0 Å². The second kappa shape index (κ2) is 9.75. The van der Waals surface area contributed by atoms with Gasteiger partial charge in [0, 0.05) is 54.0 Å². The smallest absolute Gasteiger partial charge is 0.188 e. The van der Waals surface area contributed by atoms with Gasteiger partial charge in [-0.3, -0.25) is 14.8 Å². The molecule has 2 aromatic heterocycles. The summed E-state index contributed by atoms with van der Waals surface area (Å²) in [6.07, 6.45) is 5.81. The first-order valence-corrected chi connectivity index (χ1v) is 10.7. The van der Waals surface area contributed by atoms with Gasteiger partial charge in [-0.1, -0.05) is 6.07 Å². The van der Waals surface area contributed by atoms with Crippen molar-refractivity contribution in [3.05, 3.63) is 65.4 Å². The van der Waals surface area contributed by atoms with Gasteiger partial charge in [0.2, 0.25) is 0 Å². The molecule has 0 spiro atoms. The van der Waals surface area contributed by atoms with Crippen LogP contribution in [0.4, 0.5) is 11.4 Å². The number of fused-ring (bicyclic) bond motifs is 1. The number of hydrogen-bond acceptors (Lipinski definition) is 6. The third kappa shape index (κ3) is 5.04. The van der Waals surface area contributed by atoms with Crippen LogP contribution < -0.4 is 10.1 Å². The van der Waals surface area contributed by atoms with Gasteiger partial charge in [0.05, 0.1) is 31.5 Å². The van der Waals surface area contributed by atoms with Crippen molar-refractivity contribution < 1.29 is 14.3 Å². The van der Waals surface area contributed by atoms with E-state index in [2.05, 4.69) is 27.1 Å². The predicted molar refractivity (Wildman–Crippen MR) is 123 cm³/mol. The van der Waals surface area contributed by atoms with E-state index in [1.165, 1.54) is 0 Å². The van der Waals surface area contributed by atoms with E-state index < -0.39 is 0 Å². The highest BCUT2D eigenvalue weighted by Gasteiger charge is 2.22. The highest BCUT2D eigenvalue weighted by atomic mass is 16.5. The highest BCUT2D eigenvalue weighted by molar-refractivity contribution is 5.97. The first-order valence-electron chi connectivity index (χ1n) is 10.7. The van der Waals surface area contributed by atoms with Crippen molar-refractivity contribution in [2.45, 2.75) is 44.8 Å². The van der Waals surface area contributed by atoms with Crippen molar-refractivity contribution in [1.82, 2.24) is 9.97 Å². The van der Waals surface area contributed by atoms with Crippen LogP contribution in [-0.2, 0) is 22.4 Å². The van der Waals surface area contributed by atoms with E-state index >= 15 is 0 Å². The Morgan fingerprint density at radius 3 is 2.84 bits per heavy atom. The van der Waals surface area contributed by atoms with Gasteiger partial charge < -0.3 is 14.8 Å². The largest absolute Gasteiger partial charge is 0.495 e. The van der Waals surface area contributed by atoms with Gasteiger partial charge in [0.25, 0.3) is 0 Å². The Labute approximate surface area is 187 Å². The molecule has 1 aliphatic heterocycles. The molecule has 0 saturated carbocycles. The molecule has 32 heavy (non-hydrogen) atoms. The van der Waals surface area contributed by atoms with Gasteiger partial charge in [-0.2, -0.15) is 0 Å². The molecule has 0 amide bonds. The number of rotatable bonds is 7. The maximum absolute atomic E-state index is 12.9. The average molecular weight is 431 g/mol. The van der Waals surface area contributed by atoms with Crippen LogP contribution in [0.2, 0.25) is 0 Å². The van der Waals surface area contributed by atoms with Gasteiger partial charge in [-0.15, -0.1) is 0 Å². The quantitative estimate of drug-likeness (QED) is 0.555. The summed E-state index contributed by atoms with van der Waals surface area (Å²) in [6.45, 7) is 10.2. The molecule has 1 N–H and O–H groups in total. The molecular formula is C25H26N4O3. The zero-order valence-electron chi connectivity index (χ0n) is 18.3. The van der Waals surface area contributed by atoms with Crippen molar-refractivity contribution in [2.75, 3.05) is 19.0 Å². The summed E-state index contributed by atoms with van der Waals surface area (Å²) in [5.41, 5.74) is 3.77. The Bertz CT molecular complexity index is 1150. The molecule has 2 atom stereocenters. The first kappa shape index (κ1) is 21.7. The molecule has 4 rings (SSSR count). The van der Waals surface area contributed by atoms with E-state index in [4.69, 9.17) is 16.0 Å². The lowest BCUT2D eigenvalue weighted by Crippen LogP contribution is -2.33. The van der Waals surface area contributed by atoms with Crippen LogP contribution in [-0.4, -0.2) is 41.6 Å². The Kier molecular flexibility index (Phi) is 6.62. The van der Waals surface area contributed by atoms with E-state index in [0.717, 1.165) is 35.0 Å². The second-order valence-corrected chi connectivity index (χ2v) is 8.10. The number of anilines is 1. The Hall–Kier alpha value is -3.50. The summed E-state index contributed by atoms with van der Waals surface area (Å²) in [6, 6.07) is 9.31.